The largest absolute Gasteiger partial charge is 1.00 e. The Kier molecular flexibility index (Phi) is 12.4. The molecule has 0 radical (unpaired) electrons. The van der Waals surface area contributed by atoms with E-state index < -0.39 is 9.53 Å². The molecule has 0 N–H and O–H groups in total. The third-order valence-electron chi connectivity index (χ3n) is 0.908. The zero-order chi connectivity index (χ0) is 7.82. The van der Waals surface area contributed by atoms with Crippen molar-refractivity contribution in [3.05, 3.63) is 0 Å². The maximum absolute atomic E-state index is 5.22. The second-order valence-corrected chi connectivity index (χ2v) is 3.23. The molecule has 0 saturated carbocycles. The topological polar surface area (TPSA) is 27.7 Å². The summed E-state index contributed by atoms with van der Waals surface area (Å²) in [6.45, 7) is 7.86. The third kappa shape index (κ3) is 7.93. The van der Waals surface area contributed by atoms with Crippen LogP contribution in [0.25, 0.3) is 0 Å². The van der Waals surface area contributed by atoms with Crippen LogP contribution in [-0.4, -0.2) is 29.3 Å². The standard InChI is InChI=1S/C6H16O3Si.FH/c1-4-7-10(8-5-2)9-6-3;/h10H,4-6H2,1-3H3;1H/p-1. The van der Waals surface area contributed by atoms with Gasteiger partial charge in [0.2, 0.25) is 0 Å². The van der Waals surface area contributed by atoms with Crippen LogP contribution < -0.4 is 4.70 Å². The molecule has 0 fully saturated rings. The highest BCUT2D eigenvalue weighted by atomic mass is 28.3. The van der Waals surface area contributed by atoms with Crippen molar-refractivity contribution in [1.82, 2.24) is 0 Å². The Morgan fingerprint density at radius 2 is 1.09 bits per heavy atom. The number of rotatable bonds is 6. The van der Waals surface area contributed by atoms with Gasteiger partial charge in [0, 0.05) is 19.8 Å². The molecule has 0 aliphatic carbocycles. The molecule has 0 aliphatic rings. The SMILES string of the molecule is CCO[SiH](OCC)OCC.[F-]. The Morgan fingerprint density at radius 3 is 1.27 bits per heavy atom. The Bertz CT molecular complexity index is 60.6. The predicted molar refractivity (Wildman–Crippen MR) is 42.0 cm³/mol. The lowest BCUT2D eigenvalue weighted by Gasteiger charge is -2.12. The van der Waals surface area contributed by atoms with Gasteiger partial charge in [0.1, 0.15) is 0 Å². The molecule has 11 heavy (non-hydrogen) atoms. The normalized spacial score (nSPS) is 9.82. The molecule has 0 aromatic carbocycles. The van der Waals surface area contributed by atoms with E-state index >= 15 is 0 Å². The Balaban J connectivity index is 0. The van der Waals surface area contributed by atoms with Gasteiger partial charge in [-0.05, 0) is 20.8 Å². The third-order valence-corrected chi connectivity index (χ3v) is 2.72. The maximum atomic E-state index is 5.22. The first-order chi connectivity index (χ1) is 4.85. The number of halogens is 1. The van der Waals surface area contributed by atoms with Crippen molar-refractivity contribution in [2.75, 3.05) is 19.8 Å². The summed E-state index contributed by atoms with van der Waals surface area (Å²) < 4.78 is 15.7. The van der Waals surface area contributed by atoms with Crippen LogP contribution in [0.15, 0.2) is 0 Å². The molecule has 0 heterocycles. The minimum Gasteiger partial charge on any atom is -1.00 e. The smallest absolute Gasteiger partial charge is 0.484 e. The van der Waals surface area contributed by atoms with Crippen LogP contribution in [0.2, 0.25) is 0 Å². The van der Waals surface area contributed by atoms with Crippen LogP contribution in [0.3, 0.4) is 0 Å². The van der Waals surface area contributed by atoms with E-state index in [1.54, 1.807) is 0 Å². The van der Waals surface area contributed by atoms with Crippen molar-refractivity contribution in [3.63, 3.8) is 0 Å². The van der Waals surface area contributed by atoms with Crippen molar-refractivity contribution < 1.29 is 18.0 Å². The van der Waals surface area contributed by atoms with Crippen LogP contribution in [0.4, 0.5) is 0 Å². The van der Waals surface area contributed by atoms with E-state index in [0.717, 1.165) is 0 Å². The van der Waals surface area contributed by atoms with Gasteiger partial charge in [0.25, 0.3) is 0 Å². The summed E-state index contributed by atoms with van der Waals surface area (Å²) in [6, 6.07) is 0. The minimum atomic E-state index is -1.73. The van der Waals surface area contributed by atoms with Gasteiger partial charge in [-0.15, -0.1) is 0 Å². The van der Waals surface area contributed by atoms with Crippen LogP contribution >= 0.6 is 0 Å². The summed E-state index contributed by atoms with van der Waals surface area (Å²) in [4.78, 5) is 0. The molecule has 0 bridgehead atoms. The van der Waals surface area contributed by atoms with Gasteiger partial charge in [0.05, 0.1) is 0 Å². The van der Waals surface area contributed by atoms with Crippen molar-refractivity contribution in [3.8, 4) is 0 Å². The second kappa shape index (κ2) is 10.0. The quantitative estimate of drug-likeness (QED) is 0.438. The molecular weight excluding hydrogens is 167 g/mol. The van der Waals surface area contributed by atoms with Gasteiger partial charge in [-0.1, -0.05) is 0 Å². The van der Waals surface area contributed by atoms with Crippen LogP contribution in [0, 0.1) is 0 Å². The summed E-state index contributed by atoms with van der Waals surface area (Å²) in [5, 5.41) is 0. The molecule has 3 nitrogen and oxygen atoms in total. The van der Waals surface area contributed by atoms with E-state index in [4.69, 9.17) is 13.3 Å². The number of hydrogen-bond acceptors (Lipinski definition) is 3. The van der Waals surface area contributed by atoms with Crippen molar-refractivity contribution in [2.45, 2.75) is 20.8 Å². The minimum absolute atomic E-state index is 0. The van der Waals surface area contributed by atoms with Gasteiger partial charge >= 0.3 is 9.53 Å². The van der Waals surface area contributed by atoms with Crippen molar-refractivity contribution in [1.29, 1.82) is 0 Å². The van der Waals surface area contributed by atoms with E-state index in [-0.39, 0.29) is 4.70 Å². The van der Waals surface area contributed by atoms with Gasteiger partial charge < -0.3 is 18.0 Å². The highest BCUT2D eigenvalue weighted by Gasteiger charge is 2.11. The average Bonchev–Trinajstić information content (AvgIpc) is 1.90. The molecule has 0 aromatic rings. The molecule has 0 saturated heterocycles. The maximum Gasteiger partial charge on any atom is 0.484 e. The highest BCUT2D eigenvalue weighted by molar-refractivity contribution is 6.36. The van der Waals surface area contributed by atoms with Gasteiger partial charge in [-0.2, -0.15) is 0 Å². The van der Waals surface area contributed by atoms with E-state index in [1.807, 2.05) is 20.8 Å². The molecule has 5 heteroatoms. The first kappa shape index (κ1) is 13.6. The lowest BCUT2D eigenvalue weighted by molar-refractivity contribution is -0.00000878. The summed E-state index contributed by atoms with van der Waals surface area (Å²) >= 11 is 0. The van der Waals surface area contributed by atoms with Crippen molar-refractivity contribution in [2.24, 2.45) is 0 Å². The molecule has 0 spiro atoms. The Morgan fingerprint density at radius 1 is 0.818 bits per heavy atom. The van der Waals surface area contributed by atoms with E-state index in [1.165, 1.54) is 0 Å². The molecule has 70 valence electrons. The zero-order valence-electron chi connectivity index (χ0n) is 7.30. The Hall–Kier alpha value is 0.0269. The molecule has 0 rings (SSSR count). The molecule has 0 aliphatic heterocycles. The molecule has 0 unspecified atom stereocenters. The molecule has 0 atom stereocenters. The Labute approximate surface area is 69.0 Å². The first-order valence-corrected chi connectivity index (χ1v) is 5.11. The molecule has 0 aromatic heterocycles. The highest BCUT2D eigenvalue weighted by Crippen LogP contribution is 1.90. The van der Waals surface area contributed by atoms with E-state index in [9.17, 15) is 0 Å². The summed E-state index contributed by atoms with van der Waals surface area (Å²) in [6.07, 6.45) is 0. The fraction of sp³-hybridized carbons (Fsp3) is 1.00. The second-order valence-electron chi connectivity index (χ2n) is 1.65. The van der Waals surface area contributed by atoms with Gasteiger partial charge in [-0.3, -0.25) is 0 Å². The monoisotopic (exact) mass is 183 g/mol. The van der Waals surface area contributed by atoms with Gasteiger partial charge in [-0.25, -0.2) is 0 Å². The first-order valence-electron chi connectivity index (χ1n) is 3.69. The number of hydrogen-bond donors (Lipinski definition) is 0. The lowest BCUT2D eigenvalue weighted by Crippen LogP contribution is -3.00. The summed E-state index contributed by atoms with van der Waals surface area (Å²) in [5.41, 5.74) is 0. The van der Waals surface area contributed by atoms with E-state index in [2.05, 4.69) is 0 Å². The fourth-order valence-electron chi connectivity index (χ4n) is 0.553. The van der Waals surface area contributed by atoms with Crippen LogP contribution in [-0.2, 0) is 13.3 Å². The van der Waals surface area contributed by atoms with Gasteiger partial charge in [0.15, 0.2) is 0 Å². The van der Waals surface area contributed by atoms with Crippen LogP contribution in [0.1, 0.15) is 20.8 Å². The van der Waals surface area contributed by atoms with E-state index in [0.29, 0.717) is 19.8 Å². The molecular formula is C6H16FO3Si-. The van der Waals surface area contributed by atoms with Crippen molar-refractivity contribution >= 4 is 9.53 Å². The molecule has 0 amide bonds. The summed E-state index contributed by atoms with van der Waals surface area (Å²) in [7, 11) is -1.73. The van der Waals surface area contributed by atoms with Crippen LogP contribution in [0.5, 0.6) is 0 Å². The average molecular weight is 183 g/mol. The zero-order valence-corrected chi connectivity index (χ0v) is 8.46. The lowest BCUT2D eigenvalue weighted by atomic mass is 10.9. The fourth-order valence-corrected chi connectivity index (χ4v) is 1.66. The predicted octanol–water partition coefficient (Wildman–Crippen LogP) is -2.18. The summed E-state index contributed by atoms with van der Waals surface area (Å²) in [5.74, 6) is 0.